The predicted octanol–water partition coefficient (Wildman–Crippen LogP) is 3.05. The normalized spacial score (nSPS) is 11.7. The van der Waals surface area contributed by atoms with Crippen molar-refractivity contribution in [2.45, 2.75) is 25.7 Å². The first-order valence-corrected chi connectivity index (χ1v) is 10.8. The molecule has 8 heteroatoms. The summed E-state index contributed by atoms with van der Waals surface area (Å²) in [6.45, 7) is 6.52. The van der Waals surface area contributed by atoms with Crippen LogP contribution in [-0.4, -0.2) is 50.9 Å². The SMILES string of the molecule is Cc1ccc(NC(=O)CN(CC(C)C)c2cccc(O)c2)cc1S(=O)(=O)N(C)C. The Labute approximate surface area is 173 Å². The van der Waals surface area contributed by atoms with Gasteiger partial charge in [0, 0.05) is 38.1 Å². The maximum Gasteiger partial charge on any atom is 0.243 e. The fourth-order valence-corrected chi connectivity index (χ4v) is 4.06. The fraction of sp³-hybridized carbons (Fsp3) is 0.381. The van der Waals surface area contributed by atoms with Crippen LogP contribution >= 0.6 is 0 Å². The summed E-state index contributed by atoms with van der Waals surface area (Å²) in [5, 5.41) is 12.5. The second kappa shape index (κ2) is 9.28. The Morgan fingerprint density at radius 2 is 1.83 bits per heavy atom. The summed E-state index contributed by atoms with van der Waals surface area (Å²) in [4.78, 5) is 14.7. The first-order valence-electron chi connectivity index (χ1n) is 9.37. The summed E-state index contributed by atoms with van der Waals surface area (Å²) in [7, 11) is -0.666. The molecule has 0 unspecified atom stereocenters. The molecule has 0 atom stereocenters. The molecule has 0 saturated carbocycles. The molecular formula is C21H29N3O4S. The summed E-state index contributed by atoms with van der Waals surface area (Å²) in [5.74, 6) is 0.168. The number of sulfonamides is 1. The minimum atomic E-state index is -3.61. The van der Waals surface area contributed by atoms with E-state index in [0.29, 0.717) is 23.7 Å². The first kappa shape index (κ1) is 22.7. The Morgan fingerprint density at radius 1 is 1.14 bits per heavy atom. The molecule has 2 aromatic carbocycles. The van der Waals surface area contributed by atoms with Crippen LogP contribution in [0.15, 0.2) is 47.4 Å². The molecule has 2 N–H and O–H groups in total. The predicted molar refractivity (Wildman–Crippen MR) is 116 cm³/mol. The van der Waals surface area contributed by atoms with Gasteiger partial charge in [0.25, 0.3) is 0 Å². The lowest BCUT2D eigenvalue weighted by atomic mass is 10.1. The average Bonchev–Trinajstić information content (AvgIpc) is 2.62. The number of anilines is 2. The Kier molecular flexibility index (Phi) is 7.26. The number of rotatable bonds is 8. The highest BCUT2D eigenvalue weighted by Crippen LogP contribution is 2.24. The van der Waals surface area contributed by atoms with Crippen molar-refractivity contribution in [1.29, 1.82) is 0 Å². The fourth-order valence-electron chi connectivity index (χ4n) is 2.92. The van der Waals surface area contributed by atoms with Gasteiger partial charge in [-0.05, 0) is 42.7 Å². The maximum absolute atomic E-state index is 12.7. The lowest BCUT2D eigenvalue weighted by molar-refractivity contribution is -0.115. The molecule has 0 aromatic heterocycles. The van der Waals surface area contributed by atoms with Gasteiger partial charge >= 0.3 is 0 Å². The number of hydrogen-bond acceptors (Lipinski definition) is 5. The van der Waals surface area contributed by atoms with Gasteiger partial charge < -0.3 is 15.3 Å². The number of phenolic OH excluding ortho intramolecular Hbond substituents is 1. The monoisotopic (exact) mass is 419 g/mol. The van der Waals surface area contributed by atoms with Crippen LogP contribution in [-0.2, 0) is 14.8 Å². The van der Waals surface area contributed by atoms with E-state index < -0.39 is 10.0 Å². The van der Waals surface area contributed by atoms with E-state index in [1.54, 1.807) is 37.3 Å². The molecule has 2 aromatic rings. The standard InChI is InChI=1S/C21H29N3O4S/c1-15(2)13-24(18-7-6-8-19(25)12-18)14-21(26)22-17-10-9-16(3)20(11-17)29(27,28)23(4)5/h6-12,15,25H,13-14H2,1-5H3,(H,22,26). The molecular weight excluding hydrogens is 390 g/mol. The zero-order valence-electron chi connectivity index (χ0n) is 17.5. The van der Waals surface area contributed by atoms with E-state index >= 15 is 0 Å². The molecule has 0 saturated heterocycles. The molecule has 29 heavy (non-hydrogen) atoms. The highest BCUT2D eigenvalue weighted by atomic mass is 32.2. The number of hydrogen-bond donors (Lipinski definition) is 2. The van der Waals surface area contributed by atoms with Crippen LogP contribution in [0.25, 0.3) is 0 Å². The molecule has 0 radical (unpaired) electrons. The van der Waals surface area contributed by atoms with Crippen LogP contribution in [0.3, 0.4) is 0 Å². The summed E-state index contributed by atoms with van der Waals surface area (Å²) >= 11 is 0. The Hall–Kier alpha value is -2.58. The van der Waals surface area contributed by atoms with Crippen molar-refractivity contribution in [1.82, 2.24) is 4.31 Å². The van der Waals surface area contributed by atoms with E-state index in [1.807, 2.05) is 24.8 Å². The van der Waals surface area contributed by atoms with E-state index in [4.69, 9.17) is 0 Å². The van der Waals surface area contributed by atoms with Crippen molar-refractivity contribution in [3.63, 3.8) is 0 Å². The Bertz CT molecular complexity index is 972. The van der Waals surface area contributed by atoms with E-state index in [0.717, 1.165) is 9.99 Å². The third-order valence-electron chi connectivity index (χ3n) is 4.35. The van der Waals surface area contributed by atoms with Gasteiger partial charge in [-0.1, -0.05) is 26.0 Å². The number of carbonyl (C=O) groups is 1. The number of nitrogens with one attached hydrogen (secondary N) is 1. The topological polar surface area (TPSA) is 90.0 Å². The zero-order chi connectivity index (χ0) is 21.8. The molecule has 2 rings (SSSR count). The minimum absolute atomic E-state index is 0.0747. The largest absolute Gasteiger partial charge is 0.508 e. The van der Waals surface area contributed by atoms with Crippen molar-refractivity contribution in [3.8, 4) is 5.75 Å². The number of phenols is 1. The van der Waals surface area contributed by atoms with Crippen LogP contribution in [0.1, 0.15) is 19.4 Å². The van der Waals surface area contributed by atoms with Gasteiger partial charge in [-0.2, -0.15) is 0 Å². The van der Waals surface area contributed by atoms with E-state index in [9.17, 15) is 18.3 Å². The van der Waals surface area contributed by atoms with Crippen molar-refractivity contribution in [2.75, 3.05) is 37.4 Å². The van der Waals surface area contributed by atoms with Gasteiger partial charge in [0.2, 0.25) is 15.9 Å². The summed E-state index contributed by atoms with van der Waals surface area (Å²) in [6.07, 6.45) is 0. The number of aryl methyl sites for hydroxylation is 1. The van der Waals surface area contributed by atoms with E-state index in [2.05, 4.69) is 5.32 Å². The number of aromatic hydroxyl groups is 1. The van der Waals surface area contributed by atoms with Crippen molar-refractivity contribution >= 4 is 27.3 Å². The summed E-state index contributed by atoms with van der Waals surface area (Å²) in [6, 6.07) is 11.6. The van der Waals surface area contributed by atoms with Crippen molar-refractivity contribution < 1.29 is 18.3 Å². The Morgan fingerprint density at radius 3 is 2.41 bits per heavy atom. The number of benzene rings is 2. The minimum Gasteiger partial charge on any atom is -0.508 e. The smallest absolute Gasteiger partial charge is 0.243 e. The molecule has 158 valence electrons. The molecule has 7 nitrogen and oxygen atoms in total. The van der Waals surface area contributed by atoms with Gasteiger partial charge in [0.15, 0.2) is 0 Å². The average molecular weight is 420 g/mol. The lowest BCUT2D eigenvalue weighted by Gasteiger charge is -2.26. The van der Waals surface area contributed by atoms with Gasteiger partial charge in [-0.3, -0.25) is 4.79 Å². The van der Waals surface area contributed by atoms with Crippen LogP contribution in [0.2, 0.25) is 0 Å². The molecule has 0 aliphatic carbocycles. The van der Waals surface area contributed by atoms with Gasteiger partial charge in [-0.15, -0.1) is 0 Å². The quantitative estimate of drug-likeness (QED) is 0.686. The number of carbonyl (C=O) groups excluding carboxylic acids is 1. The van der Waals surface area contributed by atoms with Gasteiger partial charge in [-0.25, -0.2) is 12.7 Å². The van der Waals surface area contributed by atoms with Crippen LogP contribution < -0.4 is 10.2 Å². The summed E-state index contributed by atoms with van der Waals surface area (Å²) in [5.41, 5.74) is 1.77. The van der Waals surface area contributed by atoms with E-state index in [1.165, 1.54) is 20.2 Å². The molecule has 0 spiro atoms. The second-order valence-electron chi connectivity index (χ2n) is 7.61. The van der Waals surface area contributed by atoms with Crippen molar-refractivity contribution in [3.05, 3.63) is 48.0 Å². The molecule has 1 amide bonds. The molecule has 0 bridgehead atoms. The molecule has 0 aliphatic heterocycles. The lowest BCUT2D eigenvalue weighted by Crippen LogP contribution is -2.35. The van der Waals surface area contributed by atoms with Crippen molar-refractivity contribution in [2.24, 2.45) is 5.92 Å². The van der Waals surface area contributed by atoms with Gasteiger partial charge in [0.05, 0.1) is 11.4 Å². The van der Waals surface area contributed by atoms with Crippen LogP contribution in [0, 0.1) is 12.8 Å². The van der Waals surface area contributed by atoms with Gasteiger partial charge in [0.1, 0.15) is 5.75 Å². The van der Waals surface area contributed by atoms with Crippen LogP contribution in [0.4, 0.5) is 11.4 Å². The van der Waals surface area contributed by atoms with Crippen LogP contribution in [0.5, 0.6) is 5.75 Å². The maximum atomic E-state index is 12.7. The number of nitrogens with zero attached hydrogens (tertiary/aromatic N) is 2. The second-order valence-corrected chi connectivity index (χ2v) is 9.73. The summed E-state index contributed by atoms with van der Waals surface area (Å²) < 4.78 is 26.1. The Balaban J connectivity index is 2.22. The highest BCUT2D eigenvalue weighted by molar-refractivity contribution is 7.89. The first-order chi connectivity index (χ1) is 13.5. The molecule has 0 heterocycles. The highest BCUT2D eigenvalue weighted by Gasteiger charge is 2.21. The zero-order valence-corrected chi connectivity index (χ0v) is 18.3. The third kappa shape index (κ3) is 5.95. The molecule has 0 fully saturated rings. The number of amides is 1. The molecule has 0 aliphatic rings. The third-order valence-corrected chi connectivity index (χ3v) is 6.30. The van der Waals surface area contributed by atoms with E-state index in [-0.39, 0.29) is 23.1 Å².